The number of ether oxygens (including phenoxy) is 1. The minimum absolute atomic E-state index is 0.0496. The molecule has 0 amide bonds. The number of carbonyl (C=O) groups excluding carboxylic acids is 2. The third kappa shape index (κ3) is 3.21. The van der Waals surface area contributed by atoms with Crippen molar-refractivity contribution >= 4 is 43.9 Å². The molecule has 0 spiro atoms. The topological polar surface area (TPSA) is 60.4 Å². The van der Waals surface area contributed by atoms with E-state index in [2.05, 4.69) is 4.74 Å². The maximum Gasteiger partial charge on any atom is 0.305 e. The first kappa shape index (κ1) is 16.3. The van der Waals surface area contributed by atoms with Gasteiger partial charge in [-0.25, -0.2) is 0 Å². The molecule has 3 aromatic rings. The van der Waals surface area contributed by atoms with Gasteiger partial charge in [0, 0.05) is 28.3 Å². The van der Waals surface area contributed by atoms with E-state index in [1.54, 1.807) is 12.1 Å². The number of thiophene rings is 1. The molecule has 0 saturated carbocycles. The summed E-state index contributed by atoms with van der Waals surface area (Å²) < 4.78 is 5.36. The van der Waals surface area contributed by atoms with E-state index in [9.17, 15) is 14.4 Å². The van der Waals surface area contributed by atoms with Gasteiger partial charge in [0.15, 0.2) is 11.2 Å². The van der Waals surface area contributed by atoms with Crippen molar-refractivity contribution in [3.05, 3.63) is 57.6 Å². The van der Waals surface area contributed by atoms with Gasteiger partial charge in [-0.1, -0.05) is 30.3 Å². The Labute approximate surface area is 142 Å². The molecule has 1 heterocycles. The normalized spacial score (nSPS) is 10.9. The predicted molar refractivity (Wildman–Crippen MR) is 95.8 cm³/mol. The SMILES string of the molecule is COC(=O)CCCC(=O)c1cc2c(=O)c3ccccc3ccc2s1. The Morgan fingerprint density at radius 1 is 1.04 bits per heavy atom. The monoisotopic (exact) mass is 340 g/mol. The molecule has 0 radical (unpaired) electrons. The molecule has 2 aromatic carbocycles. The fourth-order valence-electron chi connectivity index (χ4n) is 2.62. The van der Waals surface area contributed by atoms with Crippen molar-refractivity contribution in [3.63, 3.8) is 0 Å². The minimum Gasteiger partial charge on any atom is -0.469 e. The quantitative estimate of drug-likeness (QED) is 0.521. The maximum absolute atomic E-state index is 12.7. The summed E-state index contributed by atoms with van der Waals surface area (Å²) >= 11 is 1.32. The zero-order chi connectivity index (χ0) is 17.1. The molecular formula is C19H16O4S. The smallest absolute Gasteiger partial charge is 0.305 e. The van der Waals surface area contributed by atoms with Gasteiger partial charge < -0.3 is 4.74 Å². The number of methoxy groups -OCH3 is 1. The Morgan fingerprint density at radius 3 is 2.62 bits per heavy atom. The molecule has 0 aliphatic heterocycles. The highest BCUT2D eigenvalue weighted by Crippen LogP contribution is 2.26. The summed E-state index contributed by atoms with van der Waals surface area (Å²) in [7, 11) is 1.33. The van der Waals surface area contributed by atoms with Crippen molar-refractivity contribution in [2.75, 3.05) is 7.11 Å². The Morgan fingerprint density at radius 2 is 1.83 bits per heavy atom. The standard InChI is InChI=1S/C19H16O4S/c1-23-18(21)8-4-7-15(20)17-11-14-16(24-17)10-9-12-5-2-3-6-13(12)19(14)22/h2-3,5-6,9-11H,4,7-8H2,1H3. The molecule has 0 bridgehead atoms. The summed E-state index contributed by atoms with van der Waals surface area (Å²) in [5, 5.41) is 2.10. The summed E-state index contributed by atoms with van der Waals surface area (Å²) in [6.07, 6.45) is 0.934. The average molecular weight is 340 g/mol. The van der Waals surface area contributed by atoms with Crippen molar-refractivity contribution in [3.8, 4) is 0 Å². The Kier molecular flexibility index (Phi) is 4.71. The lowest BCUT2D eigenvalue weighted by Gasteiger charge is -1.98. The second kappa shape index (κ2) is 6.93. The highest BCUT2D eigenvalue weighted by Gasteiger charge is 2.13. The van der Waals surface area contributed by atoms with E-state index in [4.69, 9.17) is 0 Å². The summed E-state index contributed by atoms with van der Waals surface area (Å²) in [6, 6.07) is 12.9. The zero-order valence-corrected chi connectivity index (χ0v) is 14.0. The fraction of sp³-hybridized carbons (Fsp3) is 0.211. The molecule has 0 aliphatic rings. The number of esters is 1. The summed E-state index contributed by atoms with van der Waals surface area (Å²) in [6.45, 7) is 0. The predicted octanol–water partition coefficient (Wildman–Crippen LogP) is 3.94. The number of carbonyl (C=O) groups is 2. The molecular weight excluding hydrogens is 324 g/mol. The van der Waals surface area contributed by atoms with Gasteiger partial charge in [0.25, 0.3) is 0 Å². The van der Waals surface area contributed by atoms with E-state index >= 15 is 0 Å². The first-order chi connectivity index (χ1) is 11.6. The van der Waals surface area contributed by atoms with Gasteiger partial charge in [0.05, 0.1) is 12.0 Å². The number of Topliss-reactive ketones (excluding diaryl/α,β-unsaturated/α-hetero) is 1. The number of hydrogen-bond acceptors (Lipinski definition) is 5. The molecule has 3 rings (SSSR count). The lowest BCUT2D eigenvalue weighted by Crippen LogP contribution is -2.02. The van der Waals surface area contributed by atoms with Gasteiger partial charge in [-0.05, 0) is 23.9 Å². The average Bonchev–Trinajstić information content (AvgIpc) is 2.98. The molecule has 4 nitrogen and oxygen atoms in total. The highest BCUT2D eigenvalue weighted by atomic mass is 32.1. The summed E-state index contributed by atoms with van der Waals surface area (Å²) in [5.74, 6) is -0.369. The molecule has 0 atom stereocenters. The van der Waals surface area contributed by atoms with E-state index in [-0.39, 0.29) is 30.0 Å². The first-order valence-corrected chi connectivity index (χ1v) is 8.47. The van der Waals surface area contributed by atoms with Gasteiger partial charge in [-0.2, -0.15) is 0 Å². The largest absolute Gasteiger partial charge is 0.469 e. The van der Waals surface area contributed by atoms with Crippen LogP contribution in [0.4, 0.5) is 0 Å². The Balaban J connectivity index is 1.93. The summed E-state index contributed by atoms with van der Waals surface area (Å²) in [5.41, 5.74) is -0.0598. The second-order valence-corrected chi connectivity index (χ2v) is 6.57. The van der Waals surface area contributed by atoms with Crippen molar-refractivity contribution in [2.45, 2.75) is 19.3 Å². The van der Waals surface area contributed by atoms with E-state index in [1.807, 2.05) is 30.3 Å². The van der Waals surface area contributed by atoms with Gasteiger partial charge in [-0.3, -0.25) is 14.4 Å². The van der Waals surface area contributed by atoms with Crippen LogP contribution in [0, 0.1) is 0 Å². The second-order valence-electron chi connectivity index (χ2n) is 5.49. The third-order valence-corrected chi connectivity index (χ3v) is 5.05. The fourth-order valence-corrected chi connectivity index (χ4v) is 3.65. The van der Waals surface area contributed by atoms with Crippen LogP contribution in [0.5, 0.6) is 0 Å². The van der Waals surface area contributed by atoms with Crippen LogP contribution >= 0.6 is 11.3 Å². The molecule has 0 N–H and O–H groups in total. The van der Waals surface area contributed by atoms with Crippen molar-refractivity contribution in [2.24, 2.45) is 0 Å². The van der Waals surface area contributed by atoms with Crippen LogP contribution in [0.15, 0.2) is 47.3 Å². The summed E-state index contributed by atoms with van der Waals surface area (Å²) in [4.78, 5) is 36.7. The van der Waals surface area contributed by atoms with Gasteiger partial charge in [0.1, 0.15) is 0 Å². The number of ketones is 1. The van der Waals surface area contributed by atoms with Crippen molar-refractivity contribution in [1.82, 2.24) is 0 Å². The van der Waals surface area contributed by atoms with Crippen LogP contribution < -0.4 is 5.43 Å². The lowest BCUT2D eigenvalue weighted by molar-refractivity contribution is -0.140. The first-order valence-electron chi connectivity index (χ1n) is 7.66. The van der Waals surface area contributed by atoms with E-state index in [1.165, 1.54) is 18.4 Å². The molecule has 24 heavy (non-hydrogen) atoms. The molecule has 1 aromatic heterocycles. The zero-order valence-electron chi connectivity index (χ0n) is 13.2. The van der Waals surface area contributed by atoms with Crippen LogP contribution in [0.2, 0.25) is 0 Å². The Hall–Kier alpha value is -2.53. The van der Waals surface area contributed by atoms with E-state index in [0.29, 0.717) is 22.1 Å². The molecule has 0 unspecified atom stereocenters. The van der Waals surface area contributed by atoms with Crippen LogP contribution in [0.3, 0.4) is 0 Å². The number of fused-ring (bicyclic) bond motifs is 2. The van der Waals surface area contributed by atoms with Crippen LogP contribution in [-0.2, 0) is 9.53 Å². The maximum atomic E-state index is 12.7. The molecule has 122 valence electrons. The van der Waals surface area contributed by atoms with Crippen LogP contribution in [0.1, 0.15) is 28.9 Å². The third-order valence-electron chi connectivity index (χ3n) is 3.91. The van der Waals surface area contributed by atoms with Crippen LogP contribution in [0.25, 0.3) is 20.9 Å². The van der Waals surface area contributed by atoms with Crippen molar-refractivity contribution < 1.29 is 14.3 Å². The molecule has 5 heteroatoms. The van der Waals surface area contributed by atoms with Crippen LogP contribution in [-0.4, -0.2) is 18.9 Å². The van der Waals surface area contributed by atoms with Crippen molar-refractivity contribution in [1.29, 1.82) is 0 Å². The molecule has 0 saturated heterocycles. The van der Waals surface area contributed by atoms with E-state index < -0.39 is 0 Å². The molecule has 0 fully saturated rings. The Bertz CT molecular complexity index is 987. The van der Waals surface area contributed by atoms with E-state index in [0.717, 1.165) is 10.1 Å². The molecule has 0 aliphatic carbocycles. The number of benzene rings is 1. The highest BCUT2D eigenvalue weighted by molar-refractivity contribution is 7.20. The minimum atomic E-state index is -0.320. The lowest BCUT2D eigenvalue weighted by atomic mass is 10.1. The van der Waals surface area contributed by atoms with Gasteiger partial charge >= 0.3 is 5.97 Å². The number of hydrogen-bond donors (Lipinski definition) is 0. The van der Waals surface area contributed by atoms with Gasteiger partial charge in [0.2, 0.25) is 0 Å². The number of rotatable bonds is 5. The van der Waals surface area contributed by atoms with Gasteiger partial charge in [-0.15, -0.1) is 11.3 Å².